The lowest BCUT2D eigenvalue weighted by Crippen LogP contribution is -2.38. The first-order valence-electron chi connectivity index (χ1n) is 5.39. The van der Waals surface area contributed by atoms with Gasteiger partial charge in [0, 0.05) is 36.9 Å². The molecule has 0 spiro atoms. The molecule has 1 atom stereocenters. The van der Waals surface area contributed by atoms with E-state index in [0.717, 1.165) is 13.1 Å². The number of nitrogens with zero attached hydrogens (tertiary/aromatic N) is 1. The van der Waals surface area contributed by atoms with Gasteiger partial charge in [0.05, 0.1) is 0 Å². The van der Waals surface area contributed by atoms with Crippen molar-refractivity contribution in [2.24, 2.45) is 5.73 Å². The molecule has 1 unspecified atom stereocenters. The molecule has 1 aromatic heterocycles. The van der Waals surface area contributed by atoms with Gasteiger partial charge in [0.15, 0.2) is 0 Å². The quantitative estimate of drug-likeness (QED) is 0.765. The van der Waals surface area contributed by atoms with Gasteiger partial charge >= 0.3 is 0 Å². The first-order chi connectivity index (χ1) is 7.02. The van der Waals surface area contributed by atoms with Crippen LogP contribution in [-0.4, -0.2) is 24.1 Å². The van der Waals surface area contributed by atoms with E-state index in [1.54, 1.807) is 6.20 Å². The Morgan fingerprint density at radius 2 is 2.27 bits per heavy atom. The normalized spacial score (nSPS) is 13.9. The Bertz CT molecular complexity index is 280. The molecule has 0 aliphatic rings. The molecule has 0 aliphatic heterocycles. The Labute approximate surface area is 92.1 Å². The fourth-order valence-corrected chi connectivity index (χ4v) is 1.48. The Hall–Kier alpha value is -0.930. The highest BCUT2D eigenvalue weighted by molar-refractivity contribution is 5.19. The van der Waals surface area contributed by atoms with Gasteiger partial charge in [-0.1, -0.05) is 19.9 Å². The second-order valence-corrected chi connectivity index (χ2v) is 4.73. The van der Waals surface area contributed by atoms with Gasteiger partial charge in [-0.05, 0) is 18.6 Å². The number of hydrogen-bond acceptors (Lipinski definition) is 3. The zero-order chi connectivity index (χ0) is 11.3. The van der Waals surface area contributed by atoms with Crippen molar-refractivity contribution in [2.75, 3.05) is 13.1 Å². The molecule has 1 heterocycles. The van der Waals surface area contributed by atoms with Crippen LogP contribution < -0.4 is 11.1 Å². The molecule has 1 rings (SSSR count). The van der Waals surface area contributed by atoms with Gasteiger partial charge in [-0.25, -0.2) is 0 Å². The maximum Gasteiger partial charge on any atom is 0.0305 e. The van der Waals surface area contributed by atoms with Crippen LogP contribution in [0.15, 0.2) is 24.5 Å². The summed E-state index contributed by atoms with van der Waals surface area (Å²) in [5, 5.41) is 3.37. The van der Waals surface area contributed by atoms with E-state index in [0.29, 0.717) is 0 Å². The third-order valence-electron chi connectivity index (χ3n) is 2.48. The highest BCUT2D eigenvalue weighted by Crippen LogP contribution is 2.20. The topological polar surface area (TPSA) is 50.9 Å². The highest BCUT2D eigenvalue weighted by atomic mass is 14.9. The van der Waals surface area contributed by atoms with Crippen molar-refractivity contribution in [1.82, 2.24) is 10.3 Å². The summed E-state index contributed by atoms with van der Waals surface area (Å²) in [5.41, 5.74) is 7.04. The van der Waals surface area contributed by atoms with Crippen molar-refractivity contribution in [3.05, 3.63) is 30.1 Å². The fraction of sp³-hybridized carbons (Fsp3) is 0.583. The van der Waals surface area contributed by atoms with E-state index in [4.69, 9.17) is 5.73 Å². The minimum Gasteiger partial charge on any atom is -0.327 e. The van der Waals surface area contributed by atoms with E-state index in [-0.39, 0.29) is 11.5 Å². The molecular weight excluding hydrogens is 186 g/mol. The molecular formula is C12H21N3. The fourth-order valence-electron chi connectivity index (χ4n) is 1.48. The monoisotopic (exact) mass is 207 g/mol. The molecule has 0 radical (unpaired) electrons. The summed E-state index contributed by atoms with van der Waals surface area (Å²) in [7, 11) is 0. The van der Waals surface area contributed by atoms with Crippen LogP contribution in [-0.2, 0) is 5.41 Å². The SMILES string of the molecule is CC(N)CNCC(C)(C)c1cccnc1. The molecule has 84 valence electrons. The Kier molecular flexibility index (Phi) is 4.24. The van der Waals surface area contributed by atoms with E-state index in [1.165, 1.54) is 5.56 Å². The average molecular weight is 207 g/mol. The van der Waals surface area contributed by atoms with Gasteiger partial charge in [0.25, 0.3) is 0 Å². The predicted molar refractivity (Wildman–Crippen MR) is 63.8 cm³/mol. The average Bonchev–Trinajstić information content (AvgIpc) is 2.18. The van der Waals surface area contributed by atoms with Crippen molar-refractivity contribution in [3.63, 3.8) is 0 Å². The zero-order valence-corrected chi connectivity index (χ0v) is 9.83. The second-order valence-electron chi connectivity index (χ2n) is 4.73. The summed E-state index contributed by atoms with van der Waals surface area (Å²) in [6, 6.07) is 4.29. The summed E-state index contributed by atoms with van der Waals surface area (Å²) in [6.45, 7) is 8.18. The molecule has 3 nitrogen and oxygen atoms in total. The van der Waals surface area contributed by atoms with Crippen LogP contribution in [0, 0.1) is 0 Å². The van der Waals surface area contributed by atoms with E-state index < -0.39 is 0 Å². The van der Waals surface area contributed by atoms with Crippen LogP contribution in [0.5, 0.6) is 0 Å². The number of hydrogen-bond donors (Lipinski definition) is 2. The first kappa shape index (κ1) is 12.1. The molecule has 3 heteroatoms. The van der Waals surface area contributed by atoms with Gasteiger partial charge in [0.1, 0.15) is 0 Å². The predicted octanol–water partition coefficient (Wildman–Crippen LogP) is 1.30. The van der Waals surface area contributed by atoms with Crippen molar-refractivity contribution < 1.29 is 0 Å². The van der Waals surface area contributed by atoms with Crippen LogP contribution in [0.4, 0.5) is 0 Å². The molecule has 0 aliphatic carbocycles. The van der Waals surface area contributed by atoms with Crippen LogP contribution in [0.2, 0.25) is 0 Å². The Balaban J connectivity index is 2.52. The Morgan fingerprint density at radius 3 is 2.80 bits per heavy atom. The molecule has 0 amide bonds. The van der Waals surface area contributed by atoms with E-state index in [9.17, 15) is 0 Å². The summed E-state index contributed by atoms with van der Waals surface area (Å²) >= 11 is 0. The Morgan fingerprint density at radius 1 is 1.53 bits per heavy atom. The van der Waals surface area contributed by atoms with Gasteiger partial charge in [-0.3, -0.25) is 4.98 Å². The standard InChI is InChI=1S/C12H21N3/c1-10(13)7-15-9-12(2,3)11-5-4-6-14-8-11/h4-6,8,10,15H,7,9,13H2,1-3H3. The molecule has 0 bridgehead atoms. The lowest BCUT2D eigenvalue weighted by Gasteiger charge is -2.25. The van der Waals surface area contributed by atoms with Crippen molar-refractivity contribution in [1.29, 1.82) is 0 Å². The molecule has 0 saturated heterocycles. The van der Waals surface area contributed by atoms with E-state index >= 15 is 0 Å². The molecule has 0 fully saturated rings. The minimum absolute atomic E-state index is 0.100. The minimum atomic E-state index is 0.100. The smallest absolute Gasteiger partial charge is 0.0305 e. The molecule has 0 saturated carbocycles. The molecule has 15 heavy (non-hydrogen) atoms. The van der Waals surface area contributed by atoms with Crippen LogP contribution in [0.25, 0.3) is 0 Å². The summed E-state index contributed by atoms with van der Waals surface area (Å²) in [4.78, 5) is 4.14. The van der Waals surface area contributed by atoms with Crippen LogP contribution in [0.1, 0.15) is 26.3 Å². The van der Waals surface area contributed by atoms with Gasteiger partial charge in [-0.15, -0.1) is 0 Å². The molecule has 0 aromatic carbocycles. The lowest BCUT2D eigenvalue weighted by molar-refractivity contribution is 0.457. The number of rotatable bonds is 5. The lowest BCUT2D eigenvalue weighted by atomic mass is 9.85. The largest absolute Gasteiger partial charge is 0.327 e. The van der Waals surface area contributed by atoms with Gasteiger partial charge in [-0.2, -0.15) is 0 Å². The second kappa shape index (κ2) is 5.24. The highest BCUT2D eigenvalue weighted by Gasteiger charge is 2.19. The zero-order valence-electron chi connectivity index (χ0n) is 9.83. The van der Waals surface area contributed by atoms with E-state index in [1.807, 2.05) is 19.2 Å². The van der Waals surface area contributed by atoms with E-state index in [2.05, 4.69) is 30.2 Å². The third kappa shape index (κ3) is 3.98. The van der Waals surface area contributed by atoms with Crippen molar-refractivity contribution >= 4 is 0 Å². The van der Waals surface area contributed by atoms with Crippen LogP contribution >= 0.6 is 0 Å². The number of nitrogens with two attached hydrogens (primary N) is 1. The van der Waals surface area contributed by atoms with Crippen LogP contribution in [0.3, 0.4) is 0 Å². The number of aromatic nitrogens is 1. The third-order valence-corrected chi connectivity index (χ3v) is 2.48. The maximum absolute atomic E-state index is 5.69. The molecule has 3 N–H and O–H groups in total. The molecule has 1 aromatic rings. The summed E-state index contributed by atoms with van der Waals surface area (Å²) < 4.78 is 0. The van der Waals surface area contributed by atoms with Crippen molar-refractivity contribution in [3.8, 4) is 0 Å². The summed E-state index contributed by atoms with van der Waals surface area (Å²) in [5.74, 6) is 0. The van der Waals surface area contributed by atoms with Crippen molar-refractivity contribution in [2.45, 2.75) is 32.2 Å². The van der Waals surface area contributed by atoms with Gasteiger partial charge < -0.3 is 11.1 Å². The first-order valence-corrected chi connectivity index (χ1v) is 5.39. The maximum atomic E-state index is 5.69. The summed E-state index contributed by atoms with van der Waals surface area (Å²) in [6.07, 6.45) is 3.72. The van der Waals surface area contributed by atoms with Gasteiger partial charge in [0.2, 0.25) is 0 Å². The number of pyridine rings is 1. The number of nitrogens with one attached hydrogen (secondary N) is 1.